The van der Waals surface area contributed by atoms with Crippen LogP contribution in [-0.2, 0) is 20.1 Å². The van der Waals surface area contributed by atoms with Crippen molar-refractivity contribution >= 4 is 11.3 Å². The largest absolute Gasteiger partial charge is 0.465 e. The van der Waals surface area contributed by atoms with E-state index in [9.17, 15) is 4.79 Å². The van der Waals surface area contributed by atoms with Gasteiger partial charge in [0, 0.05) is 24.2 Å². The fourth-order valence-corrected chi connectivity index (χ4v) is 2.35. The van der Waals surface area contributed by atoms with Gasteiger partial charge in [0.05, 0.1) is 13.3 Å². The number of thiazole rings is 1. The minimum absolute atomic E-state index is 0.143. The van der Waals surface area contributed by atoms with Crippen LogP contribution in [0.1, 0.15) is 19.6 Å². The van der Waals surface area contributed by atoms with Gasteiger partial charge >= 0.3 is 5.69 Å². The third-order valence-corrected chi connectivity index (χ3v) is 3.64. The number of hydrogen-bond donors (Lipinski definition) is 0. The van der Waals surface area contributed by atoms with Crippen LogP contribution in [0.25, 0.3) is 5.69 Å². The zero-order valence-electron chi connectivity index (χ0n) is 12.9. The summed E-state index contributed by atoms with van der Waals surface area (Å²) in [6, 6.07) is 0. The highest BCUT2D eigenvalue weighted by atomic mass is 32.1. The van der Waals surface area contributed by atoms with Crippen LogP contribution in [0.15, 0.2) is 22.5 Å². The van der Waals surface area contributed by atoms with Gasteiger partial charge in [-0.3, -0.25) is 0 Å². The van der Waals surface area contributed by atoms with Crippen LogP contribution in [0.2, 0.25) is 0 Å². The molecule has 114 valence electrons. The molecule has 3 heterocycles. The van der Waals surface area contributed by atoms with Crippen molar-refractivity contribution in [2.75, 3.05) is 0 Å². The summed E-state index contributed by atoms with van der Waals surface area (Å²) in [5.74, 6) is 0. The molecule has 3 rings (SSSR count). The molecule has 0 aromatic carbocycles. The van der Waals surface area contributed by atoms with Gasteiger partial charge in [0.15, 0.2) is 0 Å². The highest BCUT2D eigenvalue weighted by molar-refractivity contribution is 7.11. The van der Waals surface area contributed by atoms with Gasteiger partial charge in [0.1, 0.15) is 12.3 Å². The Hall–Kier alpha value is -2.62. The minimum atomic E-state index is -0.385. The molecule has 0 amide bonds. The lowest BCUT2D eigenvalue weighted by Crippen LogP contribution is -2.24. The highest BCUT2D eigenvalue weighted by Gasteiger charge is 2.16. The molecule has 0 aliphatic carbocycles. The molecule has 3 aromatic rings. The van der Waals surface area contributed by atoms with E-state index in [1.54, 1.807) is 5.38 Å². The normalized spacial score (nSPS) is 11.5. The zero-order valence-corrected chi connectivity index (χ0v) is 12.7. The van der Waals surface area contributed by atoms with E-state index in [1.165, 1.54) is 24.6 Å². The van der Waals surface area contributed by atoms with Crippen molar-refractivity contribution in [3.8, 4) is 10.9 Å². The number of aromatic nitrogens is 7. The summed E-state index contributed by atoms with van der Waals surface area (Å²) in [7, 11) is 1.52. The summed E-state index contributed by atoms with van der Waals surface area (Å²) < 4.78 is 15.3. The molecule has 0 unspecified atom stereocenters. The maximum atomic E-state index is 12.1. The quantitative estimate of drug-likeness (QED) is 0.668. The van der Waals surface area contributed by atoms with E-state index in [-0.39, 0.29) is 18.5 Å². The molecule has 0 saturated carbocycles. The molecule has 0 bridgehead atoms. The Kier molecular flexibility index (Phi) is 3.57. The lowest BCUT2D eigenvalue weighted by atomic mass is 10.1. The SMILES string of the molecule is [3H]c1csc(OCc2c(-n3nnn(C)c3=O)cnnc2CC)n1. The molecule has 10 heteroatoms. The van der Waals surface area contributed by atoms with Crippen molar-refractivity contribution in [1.82, 2.24) is 35.0 Å². The third kappa shape index (κ3) is 2.60. The van der Waals surface area contributed by atoms with Gasteiger partial charge in [0.25, 0.3) is 5.19 Å². The topological polar surface area (TPSA) is 101 Å². The summed E-state index contributed by atoms with van der Waals surface area (Å²) >= 11 is 1.23. The first-order chi connectivity index (χ1) is 11.1. The van der Waals surface area contributed by atoms with E-state index < -0.39 is 0 Å². The molecule has 0 radical (unpaired) electrons. The predicted molar refractivity (Wildman–Crippen MR) is 78.0 cm³/mol. The summed E-state index contributed by atoms with van der Waals surface area (Å²) in [5.41, 5.74) is 1.47. The zero-order chi connectivity index (χ0) is 16.4. The Morgan fingerprint density at radius 1 is 1.45 bits per heavy atom. The van der Waals surface area contributed by atoms with Crippen LogP contribution in [0.5, 0.6) is 5.19 Å². The maximum absolute atomic E-state index is 12.1. The molecule has 22 heavy (non-hydrogen) atoms. The van der Waals surface area contributed by atoms with Crippen molar-refractivity contribution in [2.45, 2.75) is 20.0 Å². The minimum Gasteiger partial charge on any atom is -0.465 e. The molecule has 0 saturated heterocycles. The van der Waals surface area contributed by atoms with Gasteiger partial charge in [-0.2, -0.15) is 19.6 Å². The number of hydrogen-bond acceptors (Lipinski definition) is 8. The summed E-state index contributed by atoms with van der Waals surface area (Å²) in [5, 5.41) is 17.5. The van der Waals surface area contributed by atoms with Crippen molar-refractivity contribution in [2.24, 2.45) is 7.05 Å². The third-order valence-electron chi connectivity index (χ3n) is 3.01. The second-order valence-corrected chi connectivity index (χ2v) is 5.16. The highest BCUT2D eigenvalue weighted by Crippen LogP contribution is 2.20. The van der Waals surface area contributed by atoms with E-state index in [4.69, 9.17) is 6.11 Å². The summed E-state index contributed by atoms with van der Waals surface area (Å²) in [6.45, 7) is 2.08. The Morgan fingerprint density at radius 2 is 2.32 bits per heavy atom. The fraction of sp³-hybridized carbons (Fsp3) is 0.333. The number of rotatable bonds is 5. The molecule has 3 aromatic heterocycles. The van der Waals surface area contributed by atoms with Crippen molar-refractivity contribution in [3.63, 3.8) is 0 Å². The fourth-order valence-electron chi connectivity index (χ4n) is 1.91. The average molecular weight is 321 g/mol. The lowest BCUT2D eigenvalue weighted by molar-refractivity contribution is 0.301. The van der Waals surface area contributed by atoms with Crippen molar-refractivity contribution in [1.29, 1.82) is 0 Å². The molecule has 0 N–H and O–H groups in total. The van der Waals surface area contributed by atoms with Gasteiger partial charge in [-0.1, -0.05) is 18.3 Å². The van der Waals surface area contributed by atoms with E-state index in [2.05, 4.69) is 25.6 Å². The number of nitrogens with zero attached hydrogens (tertiary/aromatic N) is 7. The van der Waals surface area contributed by atoms with Crippen molar-refractivity contribution in [3.05, 3.63) is 39.5 Å². The monoisotopic (exact) mass is 321 g/mol. The molecular weight excluding hydrogens is 306 g/mol. The van der Waals surface area contributed by atoms with Crippen LogP contribution >= 0.6 is 11.3 Å². The second kappa shape index (κ2) is 6.02. The molecule has 9 nitrogen and oxygen atoms in total. The molecule has 0 aliphatic rings. The Balaban J connectivity index is 2.00. The Morgan fingerprint density at radius 3 is 2.95 bits per heavy atom. The van der Waals surface area contributed by atoms with Crippen LogP contribution in [0.4, 0.5) is 0 Å². The van der Waals surface area contributed by atoms with E-state index in [0.29, 0.717) is 28.6 Å². The number of ether oxygens (including phenoxy) is 1. The average Bonchev–Trinajstić information content (AvgIpc) is 3.11. The number of tetrazole rings is 1. The lowest BCUT2D eigenvalue weighted by Gasteiger charge is -2.11. The first kappa shape index (κ1) is 13.1. The van der Waals surface area contributed by atoms with Gasteiger partial charge in [0.2, 0.25) is 0 Å². The van der Waals surface area contributed by atoms with Crippen LogP contribution in [-0.4, -0.2) is 35.0 Å². The van der Waals surface area contributed by atoms with Crippen LogP contribution in [0.3, 0.4) is 0 Å². The van der Waals surface area contributed by atoms with E-state index >= 15 is 0 Å². The van der Waals surface area contributed by atoms with Crippen LogP contribution in [0, 0.1) is 0 Å². The number of aryl methyl sites for hydroxylation is 2. The molecule has 0 fully saturated rings. The smallest absolute Gasteiger partial charge is 0.368 e. The van der Waals surface area contributed by atoms with Crippen molar-refractivity contribution < 1.29 is 6.11 Å². The van der Waals surface area contributed by atoms with Gasteiger partial charge < -0.3 is 4.74 Å². The molecule has 0 spiro atoms. The van der Waals surface area contributed by atoms with Crippen LogP contribution < -0.4 is 10.4 Å². The first-order valence-corrected chi connectivity index (χ1v) is 7.36. The van der Waals surface area contributed by atoms with Gasteiger partial charge in [-0.25, -0.2) is 9.78 Å². The summed E-state index contributed by atoms with van der Waals surface area (Å²) in [6.07, 6.45) is 2.22. The van der Waals surface area contributed by atoms with Gasteiger partial charge in [-0.05, 0) is 16.8 Å². The molecule has 0 aliphatic heterocycles. The van der Waals surface area contributed by atoms with E-state index in [0.717, 1.165) is 9.36 Å². The maximum Gasteiger partial charge on any atom is 0.368 e. The second-order valence-electron chi connectivity index (χ2n) is 4.34. The summed E-state index contributed by atoms with van der Waals surface area (Å²) in [4.78, 5) is 16.0. The first-order valence-electron chi connectivity index (χ1n) is 6.98. The van der Waals surface area contributed by atoms with Gasteiger partial charge in [-0.15, -0.1) is 0 Å². The predicted octanol–water partition coefficient (Wildman–Crippen LogP) is 0.354. The Bertz CT molecular complexity index is 888. The standard InChI is InChI=1S/C12H13N7O2S/c1-3-9-8(7-21-11-13-4-5-22-11)10(6-14-15-9)19-12(20)18(2)16-17-19/h4-6H,3,7H2,1-2H3/i4T. The molecular formula is C12H13N7O2S. The molecule has 0 atom stereocenters. The van der Waals surface area contributed by atoms with E-state index in [1.807, 2.05) is 6.92 Å². The Labute approximate surface area is 130 Å².